The molecule has 0 radical (unpaired) electrons. The van der Waals surface area contributed by atoms with Gasteiger partial charge in [0.2, 0.25) is 0 Å². The molecule has 0 aliphatic carbocycles. The van der Waals surface area contributed by atoms with Gasteiger partial charge in [-0.15, -0.1) is 11.1 Å². The summed E-state index contributed by atoms with van der Waals surface area (Å²) in [5.74, 6) is 0. The number of hydrogen-bond acceptors (Lipinski definition) is 1. The van der Waals surface area contributed by atoms with E-state index in [0.29, 0.717) is 6.92 Å². The molecule has 23 heavy (non-hydrogen) atoms. The zero-order valence-electron chi connectivity index (χ0n) is 10.5. The Balaban J connectivity index is 7.21. The van der Waals surface area contributed by atoms with E-state index in [1.807, 2.05) is 0 Å². The summed E-state index contributed by atoms with van der Waals surface area (Å²) in [6, 6.07) is 0. The van der Waals surface area contributed by atoms with Crippen LogP contribution in [0.2, 0.25) is 5.04 Å². The van der Waals surface area contributed by atoms with Gasteiger partial charge < -0.3 is 4.43 Å². The SMILES string of the molecule is CCO[Si](Cl)(C(F)=C(F)F)C(C(F)(F)F)(C(F)(F)F)C(F)(F)F. The van der Waals surface area contributed by atoms with Crippen LogP contribution in [0.1, 0.15) is 6.92 Å². The molecule has 0 spiro atoms. The Kier molecular flexibility index (Phi) is 6.17. The summed E-state index contributed by atoms with van der Waals surface area (Å²) >= 11 is 4.61. The molecule has 0 bridgehead atoms. The topological polar surface area (TPSA) is 9.23 Å². The molecule has 1 unspecified atom stereocenters. The third-order valence-electron chi connectivity index (χ3n) is 2.55. The highest BCUT2D eigenvalue weighted by Crippen LogP contribution is 2.72. The van der Waals surface area contributed by atoms with E-state index in [4.69, 9.17) is 0 Å². The second kappa shape index (κ2) is 6.35. The van der Waals surface area contributed by atoms with Gasteiger partial charge in [0.05, 0.1) is 0 Å². The van der Waals surface area contributed by atoms with E-state index in [0.717, 1.165) is 0 Å². The fourth-order valence-corrected chi connectivity index (χ4v) is 5.60. The Morgan fingerprint density at radius 1 is 0.826 bits per heavy atom. The van der Waals surface area contributed by atoms with Gasteiger partial charge in [0.1, 0.15) is 0 Å². The number of hydrogen-bond donors (Lipinski definition) is 0. The molecule has 0 fully saturated rings. The lowest BCUT2D eigenvalue weighted by Gasteiger charge is -2.45. The third kappa shape index (κ3) is 3.29. The minimum absolute atomic E-state index is 0.557. The summed E-state index contributed by atoms with van der Waals surface area (Å²) in [6.45, 7) is -0.859. The monoisotopic (exact) mass is 408 g/mol. The first-order valence-corrected chi connectivity index (χ1v) is 8.08. The number of halogens is 13. The van der Waals surface area contributed by atoms with E-state index < -0.39 is 49.3 Å². The van der Waals surface area contributed by atoms with E-state index in [9.17, 15) is 52.7 Å². The predicted molar refractivity (Wildman–Crippen MR) is 54.4 cm³/mol. The van der Waals surface area contributed by atoms with Crippen LogP contribution in [0.15, 0.2) is 11.5 Å². The van der Waals surface area contributed by atoms with E-state index in [-0.39, 0.29) is 0 Å². The molecule has 0 N–H and O–H groups in total. The van der Waals surface area contributed by atoms with Crippen LogP contribution in [0.4, 0.5) is 52.7 Å². The zero-order valence-corrected chi connectivity index (χ0v) is 12.3. The van der Waals surface area contributed by atoms with Crippen molar-refractivity contribution in [2.75, 3.05) is 6.61 Å². The molecule has 0 amide bonds. The molecular weight excluding hydrogens is 404 g/mol. The van der Waals surface area contributed by atoms with Gasteiger partial charge >= 0.3 is 32.2 Å². The van der Waals surface area contributed by atoms with Crippen molar-refractivity contribution in [2.24, 2.45) is 0 Å². The highest BCUT2D eigenvalue weighted by molar-refractivity contribution is 7.22. The van der Waals surface area contributed by atoms with Crippen molar-refractivity contribution < 1.29 is 57.1 Å². The van der Waals surface area contributed by atoms with Crippen LogP contribution < -0.4 is 0 Å². The van der Waals surface area contributed by atoms with E-state index in [2.05, 4.69) is 15.5 Å². The second-order valence-electron chi connectivity index (χ2n) is 3.85. The van der Waals surface area contributed by atoms with Gasteiger partial charge in [-0.25, -0.2) is 4.39 Å². The third-order valence-corrected chi connectivity index (χ3v) is 7.48. The van der Waals surface area contributed by atoms with Gasteiger partial charge in [0.25, 0.3) is 5.04 Å². The number of alkyl halides is 9. The lowest BCUT2D eigenvalue weighted by Crippen LogP contribution is -2.68. The van der Waals surface area contributed by atoms with Crippen LogP contribution in [0.25, 0.3) is 0 Å². The van der Waals surface area contributed by atoms with Gasteiger partial charge in [0.15, 0.2) is 5.45 Å². The van der Waals surface area contributed by atoms with Crippen LogP contribution in [0, 0.1) is 0 Å². The summed E-state index contributed by atoms with van der Waals surface area (Å²) < 4.78 is 156. The molecule has 0 aliphatic heterocycles. The van der Waals surface area contributed by atoms with Crippen LogP contribution >= 0.6 is 11.1 Å². The summed E-state index contributed by atoms with van der Waals surface area (Å²) in [4.78, 5) is 0. The Morgan fingerprint density at radius 3 is 1.30 bits per heavy atom. The molecule has 138 valence electrons. The molecule has 0 heterocycles. The van der Waals surface area contributed by atoms with Crippen LogP contribution in [-0.4, -0.2) is 32.8 Å². The first-order valence-electron chi connectivity index (χ1n) is 5.16. The highest BCUT2D eigenvalue weighted by Gasteiger charge is 2.94. The fourth-order valence-electron chi connectivity index (χ4n) is 1.69. The van der Waals surface area contributed by atoms with Gasteiger partial charge in [-0.3, -0.25) is 0 Å². The molecule has 1 atom stereocenters. The molecule has 0 aromatic heterocycles. The van der Waals surface area contributed by atoms with Crippen LogP contribution in [0.5, 0.6) is 0 Å². The summed E-state index contributed by atoms with van der Waals surface area (Å²) in [6.07, 6.45) is -25.8. The van der Waals surface area contributed by atoms with Gasteiger partial charge in [-0.05, 0) is 6.92 Å². The van der Waals surface area contributed by atoms with Crippen molar-refractivity contribution in [1.29, 1.82) is 0 Å². The van der Waals surface area contributed by atoms with Crippen molar-refractivity contribution in [2.45, 2.75) is 30.5 Å². The molecule has 1 nitrogen and oxygen atoms in total. The first kappa shape index (κ1) is 22.4. The van der Waals surface area contributed by atoms with E-state index in [1.165, 1.54) is 0 Å². The standard InChI is InChI=1S/C8H5ClF12OSi/c1-2-22-23(9,4(12)3(10)11)5(6(13,14)15,7(16,17)18)8(19,20)21/h2H2,1H3. The fraction of sp³-hybridized carbons (Fsp3) is 0.750. The quantitative estimate of drug-likeness (QED) is 0.327. The largest absolute Gasteiger partial charge is 0.413 e. The molecule has 0 aromatic carbocycles. The summed E-state index contributed by atoms with van der Waals surface area (Å²) in [5, 5.41) is -7.01. The first-order chi connectivity index (χ1) is 9.91. The normalized spacial score (nSPS) is 17.0. The van der Waals surface area contributed by atoms with Crippen molar-refractivity contribution in [3.63, 3.8) is 0 Å². The van der Waals surface area contributed by atoms with Gasteiger partial charge in [0, 0.05) is 6.61 Å². The molecule has 0 rings (SSSR count). The van der Waals surface area contributed by atoms with Crippen LogP contribution in [-0.2, 0) is 4.43 Å². The molecule has 0 aromatic rings. The smallest absolute Gasteiger partial charge is 0.398 e. The molecule has 0 saturated carbocycles. The van der Waals surface area contributed by atoms with Crippen molar-refractivity contribution in [3.8, 4) is 0 Å². The summed E-state index contributed by atoms with van der Waals surface area (Å²) in [5.41, 5.74) is -3.71. The van der Waals surface area contributed by atoms with Crippen LogP contribution in [0.3, 0.4) is 0 Å². The lowest BCUT2D eigenvalue weighted by molar-refractivity contribution is -0.360. The molecular formula is C8H5ClF12OSi. The maximum atomic E-state index is 13.3. The molecule has 0 aliphatic rings. The van der Waals surface area contributed by atoms with E-state index >= 15 is 0 Å². The Hall–Kier alpha value is -0.633. The van der Waals surface area contributed by atoms with Crippen molar-refractivity contribution >= 4 is 18.7 Å². The number of rotatable bonds is 4. The highest BCUT2D eigenvalue weighted by atomic mass is 35.6. The van der Waals surface area contributed by atoms with Gasteiger partial charge in [-0.1, -0.05) is 0 Å². The Labute approximate surface area is 125 Å². The second-order valence-corrected chi connectivity index (χ2v) is 8.11. The molecule has 0 saturated heterocycles. The maximum Gasteiger partial charge on any atom is 0.413 e. The minimum Gasteiger partial charge on any atom is -0.398 e. The maximum absolute atomic E-state index is 13.3. The predicted octanol–water partition coefficient (Wildman–Crippen LogP) is 5.75. The Morgan fingerprint density at radius 2 is 1.13 bits per heavy atom. The van der Waals surface area contributed by atoms with E-state index in [1.54, 1.807) is 0 Å². The lowest BCUT2D eigenvalue weighted by atomic mass is 10.1. The minimum atomic E-state index is -7.54. The summed E-state index contributed by atoms with van der Waals surface area (Å²) in [7, 11) is -7.54. The average molecular weight is 409 g/mol. The molecule has 15 heteroatoms. The average Bonchev–Trinajstić information content (AvgIpc) is 2.21. The Bertz CT molecular complexity index is 425. The van der Waals surface area contributed by atoms with Gasteiger partial charge in [-0.2, -0.15) is 48.3 Å². The zero-order chi connectivity index (χ0) is 19.1. The van der Waals surface area contributed by atoms with Crippen molar-refractivity contribution in [1.82, 2.24) is 0 Å². The van der Waals surface area contributed by atoms with Crippen molar-refractivity contribution in [3.05, 3.63) is 11.5 Å².